The van der Waals surface area contributed by atoms with Gasteiger partial charge in [-0.05, 0) is 205 Å². The lowest BCUT2D eigenvalue weighted by Crippen LogP contribution is -2.35. The highest BCUT2D eigenvalue weighted by atomic mass is 15.3. The van der Waals surface area contributed by atoms with E-state index in [-0.39, 0.29) is 0 Å². The maximum Gasteiger partial charge on any atom is 0.159 e. The maximum atomic E-state index is 5.77. The number of nitrogens with one attached hydrogen (secondary N) is 1. The monoisotopic (exact) mass is 1680 g/mol. The third-order valence-electron chi connectivity index (χ3n) is 27.8. The standard InChI is InChI=1S/C124H82N8/c1-130-122(87-59-55-81(56-60-87)79-29-7-3-8-30-79)128-121(94-39-25-36-91(75-94)115-97-41-13-11-31-82(97)63-69-99(115)84-61-67-96(68-62-84)131-111-50-20-16-44-103(111)104-45-17-21-51-112(104)131)129-123(130)95-40-23-35-88(73-95)89-66-72-108-114(77-89)132-113-52-22-18-46-105(113)106-47-26-49-109(117(106)132)124(108)107-48-19-15-43-101(107)102-71-65-90(76-110(102)124)100-70-64-83-32-12-14-42-98(83)116(100)92-37-24-38-93(74-92)120-126-118(85-33-9-4-10-34-85)125-119(127-120)86-57-53-80(54-58-86)78-27-5-2-6-28-78/h2-77,119,122H,1H3,(H,125,126,127). The summed E-state index contributed by atoms with van der Waals surface area (Å²) in [5, 5.41) is 13.3. The number of fused-ring (bicyclic) bond motifs is 17. The van der Waals surface area contributed by atoms with Crippen LogP contribution < -0.4 is 5.32 Å². The zero-order valence-corrected chi connectivity index (χ0v) is 72.2. The fourth-order valence-electron chi connectivity index (χ4n) is 21.8. The second-order valence-electron chi connectivity index (χ2n) is 35.1. The Labute approximate surface area is 764 Å². The van der Waals surface area contributed by atoms with Crippen molar-refractivity contribution in [3.63, 3.8) is 0 Å². The molecule has 5 heterocycles. The molecule has 4 aliphatic rings. The van der Waals surface area contributed by atoms with Crippen molar-refractivity contribution < 1.29 is 0 Å². The Morgan fingerprint density at radius 3 is 1.33 bits per heavy atom. The van der Waals surface area contributed by atoms with E-state index in [1.54, 1.807) is 0 Å². The first kappa shape index (κ1) is 76.1. The van der Waals surface area contributed by atoms with Gasteiger partial charge in [-0.15, -0.1) is 0 Å². The highest BCUT2D eigenvalue weighted by molar-refractivity contribution is 6.18. The molecule has 3 atom stereocenters. The lowest BCUT2D eigenvalue weighted by Gasteiger charge is -2.40. The number of amidine groups is 4. The van der Waals surface area contributed by atoms with Crippen molar-refractivity contribution in [1.82, 2.24) is 19.4 Å². The number of para-hydroxylation sites is 4. The number of hydrogen-bond donors (Lipinski definition) is 1. The Bertz CT molecular complexity index is 8560. The molecule has 22 aromatic rings. The molecule has 3 aliphatic heterocycles. The lowest BCUT2D eigenvalue weighted by molar-refractivity contribution is 0.383. The van der Waals surface area contributed by atoms with Gasteiger partial charge in [0.05, 0.1) is 33.2 Å². The number of nitrogens with zero attached hydrogens (tertiary/aromatic N) is 7. The Morgan fingerprint density at radius 1 is 0.258 bits per heavy atom. The molecule has 0 saturated carbocycles. The summed E-state index contributed by atoms with van der Waals surface area (Å²) < 4.78 is 4.96. The van der Waals surface area contributed by atoms with Gasteiger partial charge in [-0.3, -0.25) is 0 Å². The minimum atomic E-state index is -0.768. The molecule has 0 amide bonds. The highest BCUT2D eigenvalue weighted by Gasteiger charge is 2.51. The van der Waals surface area contributed by atoms with E-state index in [0.717, 1.165) is 145 Å². The van der Waals surface area contributed by atoms with Gasteiger partial charge in [-0.25, -0.2) is 20.0 Å². The average molecular weight is 1680 g/mol. The highest BCUT2D eigenvalue weighted by Crippen LogP contribution is 2.62. The van der Waals surface area contributed by atoms with E-state index < -0.39 is 17.7 Å². The van der Waals surface area contributed by atoms with E-state index in [1.165, 1.54) is 87.8 Å². The minimum Gasteiger partial charge on any atom is -0.344 e. The number of benzene rings is 20. The largest absolute Gasteiger partial charge is 0.344 e. The van der Waals surface area contributed by atoms with Crippen LogP contribution in [0.3, 0.4) is 0 Å². The summed E-state index contributed by atoms with van der Waals surface area (Å²) in [7, 11) is 2.15. The van der Waals surface area contributed by atoms with E-state index in [1.807, 2.05) is 6.07 Å². The molecule has 1 aliphatic carbocycles. The summed E-state index contributed by atoms with van der Waals surface area (Å²) in [5.41, 5.74) is 35.3. The van der Waals surface area contributed by atoms with E-state index in [9.17, 15) is 0 Å². The molecule has 1 spiro atoms. The fraction of sp³-hybridized carbons (Fsp3) is 0.0323. The summed E-state index contributed by atoms with van der Waals surface area (Å²) in [4.78, 5) is 24.6. The van der Waals surface area contributed by atoms with Crippen molar-refractivity contribution in [2.75, 3.05) is 7.05 Å². The molecular formula is C124H82N8. The SMILES string of the molecule is CN1C(c2cccc(-c3ccc4c(c3)-n3c5ccccc5c5cccc(c53)C43c4ccccc4-c4ccc(-c5ccc6ccccc6c5-c5cccc(C6=NC(c7ccc(-c8ccccc8)cc7)NC(c7ccccc7)=N6)c5)cc43)c2)=NC(c2cccc(-c3c(-c4ccc(-n5c6ccccc6c6ccccc65)cc4)ccc4ccccc34)c2)=NC1c1ccc(-c2ccccc2)cc1. The number of hydrogen-bond acceptors (Lipinski definition) is 6. The van der Waals surface area contributed by atoms with Gasteiger partial charge < -0.3 is 19.4 Å². The molecule has 0 bridgehead atoms. The molecular weight excluding hydrogens is 1600 g/mol. The van der Waals surface area contributed by atoms with Gasteiger partial charge in [-0.1, -0.05) is 400 Å². The normalized spacial score (nSPS) is 15.4. The molecule has 3 unspecified atom stereocenters. The summed E-state index contributed by atoms with van der Waals surface area (Å²) >= 11 is 0. The molecule has 1 N–H and O–H groups in total. The van der Waals surface area contributed by atoms with Crippen LogP contribution in [0.1, 0.15) is 68.0 Å². The van der Waals surface area contributed by atoms with Crippen LogP contribution in [-0.2, 0) is 5.41 Å². The fourth-order valence-corrected chi connectivity index (χ4v) is 21.8. The van der Waals surface area contributed by atoms with Gasteiger partial charge in [0, 0.05) is 56.5 Å². The van der Waals surface area contributed by atoms with Crippen LogP contribution in [0.4, 0.5) is 0 Å². The summed E-state index contributed by atoms with van der Waals surface area (Å²) in [6.45, 7) is 0. The molecule has 8 heteroatoms. The summed E-state index contributed by atoms with van der Waals surface area (Å²) in [6.07, 6.45) is -0.821. The zero-order chi connectivity index (χ0) is 87.1. The number of aliphatic imine (C=N–C) groups is 4. The summed E-state index contributed by atoms with van der Waals surface area (Å²) in [6, 6.07) is 169. The Balaban J connectivity index is 0.601. The predicted octanol–water partition coefficient (Wildman–Crippen LogP) is 29.9. The Hall–Kier alpha value is -17.2. The first-order chi connectivity index (χ1) is 65.3. The molecule has 8 nitrogen and oxygen atoms in total. The van der Waals surface area contributed by atoms with Crippen LogP contribution in [0.5, 0.6) is 0 Å². The molecule has 0 fully saturated rings. The van der Waals surface area contributed by atoms with Crippen molar-refractivity contribution >= 4 is 88.5 Å². The molecule has 0 radical (unpaired) electrons. The van der Waals surface area contributed by atoms with E-state index >= 15 is 0 Å². The molecule has 20 aromatic carbocycles. The zero-order valence-electron chi connectivity index (χ0n) is 72.2. The van der Waals surface area contributed by atoms with Crippen LogP contribution in [0.15, 0.2) is 481 Å². The lowest BCUT2D eigenvalue weighted by atomic mass is 9.65. The Kier molecular flexibility index (Phi) is 17.8. The van der Waals surface area contributed by atoms with Crippen molar-refractivity contribution in [3.8, 4) is 100 Å². The van der Waals surface area contributed by atoms with Crippen LogP contribution in [0.25, 0.3) is 166 Å². The third-order valence-corrected chi connectivity index (χ3v) is 27.8. The smallest absolute Gasteiger partial charge is 0.159 e. The van der Waals surface area contributed by atoms with Crippen LogP contribution in [0, 0.1) is 0 Å². The van der Waals surface area contributed by atoms with Crippen LogP contribution in [-0.4, -0.2) is 44.4 Å². The molecule has 132 heavy (non-hydrogen) atoms. The number of aromatic nitrogens is 2. The number of rotatable bonds is 14. The van der Waals surface area contributed by atoms with E-state index in [2.05, 4.69) is 481 Å². The minimum absolute atomic E-state index is 0.391. The second kappa shape index (κ2) is 30.8. The molecule has 0 saturated heterocycles. The van der Waals surface area contributed by atoms with Crippen molar-refractivity contribution in [2.24, 2.45) is 20.0 Å². The Morgan fingerprint density at radius 2 is 0.689 bits per heavy atom. The van der Waals surface area contributed by atoms with Gasteiger partial charge in [0.1, 0.15) is 24.0 Å². The first-order valence-corrected chi connectivity index (χ1v) is 45.4. The topological polar surface area (TPSA) is 74.6 Å². The summed E-state index contributed by atoms with van der Waals surface area (Å²) in [5.74, 6) is 2.91. The molecule has 618 valence electrons. The van der Waals surface area contributed by atoms with Gasteiger partial charge in [0.2, 0.25) is 0 Å². The van der Waals surface area contributed by atoms with E-state index in [0.29, 0.717) is 11.7 Å². The maximum absolute atomic E-state index is 5.77. The first-order valence-electron chi connectivity index (χ1n) is 45.4. The molecule has 2 aromatic heterocycles. The molecule has 26 rings (SSSR count). The van der Waals surface area contributed by atoms with Gasteiger partial charge >= 0.3 is 0 Å². The van der Waals surface area contributed by atoms with E-state index in [4.69, 9.17) is 20.0 Å². The van der Waals surface area contributed by atoms with Crippen LogP contribution >= 0.6 is 0 Å². The third kappa shape index (κ3) is 12.3. The van der Waals surface area contributed by atoms with Crippen molar-refractivity contribution in [3.05, 3.63) is 517 Å². The van der Waals surface area contributed by atoms with Gasteiger partial charge in [0.25, 0.3) is 0 Å². The van der Waals surface area contributed by atoms with Gasteiger partial charge in [0.15, 0.2) is 11.7 Å². The van der Waals surface area contributed by atoms with Crippen LogP contribution in [0.2, 0.25) is 0 Å². The van der Waals surface area contributed by atoms with Crippen molar-refractivity contribution in [2.45, 2.75) is 17.7 Å². The van der Waals surface area contributed by atoms with Gasteiger partial charge in [-0.2, -0.15) is 0 Å². The average Bonchev–Trinajstić information content (AvgIpc) is 1.49. The second-order valence-corrected chi connectivity index (χ2v) is 35.1. The van der Waals surface area contributed by atoms with Crippen molar-refractivity contribution in [1.29, 1.82) is 0 Å². The predicted molar refractivity (Wildman–Crippen MR) is 547 cm³/mol. The quantitative estimate of drug-likeness (QED) is 0.118.